The van der Waals surface area contributed by atoms with E-state index < -0.39 is 17.5 Å². The number of aromatic nitrogens is 2. The first-order valence-corrected chi connectivity index (χ1v) is 13.4. The van der Waals surface area contributed by atoms with E-state index in [2.05, 4.69) is 0 Å². The van der Waals surface area contributed by atoms with Crippen LogP contribution in [0, 0.1) is 22.7 Å². The van der Waals surface area contributed by atoms with Crippen molar-refractivity contribution in [3.05, 3.63) is 86.7 Å². The number of benzene rings is 2. The summed E-state index contributed by atoms with van der Waals surface area (Å²) in [6, 6.07) is 16.7. The molecule has 218 valence electrons. The fourth-order valence-corrected chi connectivity index (χ4v) is 4.17. The van der Waals surface area contributed by atoms with Gasteiger partial charge in [-0.25, -0.2) is 19.0 Å². The Bertz CT molecular complexity index is 1740. The van der Waals surface area contributed by atoms with Gasteiger partial charge in [-0.1, -0.05) is 31.2 Å². The summed E-state index contributed by atoms with van der Waals surface area (Å²) in [5.74, 6) is -1.75. The molecule has 2 unspecified atom stereocenters. The SMILES string of the molecule is CCc1c(O)n(-c2ccc(C=C(C#N)C(=O)OCC3CO3)cc2)n(-c2ccc(C=C(C#N)C(=O)OCC3CO3)cc2)c1=O. The molecule has 3 aromatic rings. The lowest BCUT2D eigenvalue weighted by Gasteiger charge is -2.13. The molecule has 5 rings (SSSR count). The van der Waals surface area contributed by atoms with Gasteiger partial charge in [0.2, 0.25) is 5.88 Å². The fraction of sp³-hybridized carbons (Fsp3) is 0.258. The van der Waals surface area contributed by atoms with Crippen molar-refractivity contribution >= 4 is 24.1 Å². The third kappa shape index (κ3) is 6.73. The smallest absolute Gasteiger partial charge is 0.348 e. The standard InChI is InChI=1S/C31H26N4O8/c1-2-27-28(36)34(23-7-3-19(4-8-23)11-21(13-32)30(38)42-17-25-15-40-25)35(29(27)37)24-9-5-20(6-10-24)12-22(14-33)31(39)43-18-26-16-41-26/h3-12,25-26,36H,2,15-18H2,1H3. The first-order chi connectivity index (χ1) is 20.8. The van der Waals surface area contributed by atoms with Crippen LogP contribution in [0.5, 0.6) is 5.88 Å². The van der Waals surface area contributed by atoms with Crippen LogP contribution in [0.3, 0.4) is 0 Å². The molecule has 0 bridgehead atoms. The van der Waals surface area contributed by atoms with Crippen LogP contribution in [-0.4, -0.2) is 65.0 Å². The zero-order valence-corrected chi connectivity index (χ0v) is 23.1. The molecule has 1 aromatic heterocycles. The van der Waals surface area contributed by atoms with E-state index in [0.29, 0.717) is 35.7 Å². The van der Waals surface area contributed by atoms with E-state index in [4.69, 9.17) is 18.9 Å². The predicted octanol–water partition coefficient (Wildman–Crippen LogP) is 2.59. The van der Waals surface area contributed by atoms with Gasteiger partial charge in [0.1, 0.15) is 48.7 Å². The highest BCUT2D eigenvalue weighted by Gasteiger charge is 2.26. The van der Waals surface area contributed by atoms with Crippen molar-refractivity contribution in [2.45, 2.75) is 25.6 Å². The molecule has 0 spiro atoms. The van der Waals surface area contributed by atoms with Crippen molar-refractivity contribution < 1.29 is 33.6 Å². The van der Waals surface area contributed by atoms with E-state index >= 15 is 0 Å². The molecule has 0 aliphatic carbocycles. The average Bonchev–Trinajstić information content (AvgIpc) is 3.96. The van der Waals surface area contributed by atoms with Gasteiger partial charge in [-0.05, 0) is 54.0 Å². The maximum atomic E-state index is 13.3. The van der Waals surface area contributed by atoms with Gasteiger partial charge >= 0.3 is 11.9 Å². The van der Waals surface area contributed by atoms with Crippen LogP contribution in [0.15, 0.2) is 64.5 Å². The van der Waals surface area contributed by atoms with Crippen LogP contribution in [0.1, 0.15) is 23.6 Å². The Morgan fingerprint density at radius 1 is 0.860 bits per heavy atom. The first kappa shape index (κ1) is 29.1. The van der Waals surface area contributed by atoms with Crippen LogP contribution in [0.4, 0.5) is 0 Å². The molecule has 2 aliphatic rings. The minimum atomic E-state index is -0.755. The molecule has 0 radical (unpaired) electrons. The monoisotopic (exact) mass is 582 g/mol. The van der Waals surface area contributed by atoms with Crippen molar-refractivity contribution in [1.82, 2.24) is 9.36 Å². The molecule has 2 saturated heterocycles. The number of rotatable bonds is 11. The van der Waals surface area contributed by atoms with Gasteiger partial charge in [0, 0.05) is 0 Å². The Hall–Kier alpha value is -5.43. The van der Waals surface area contributed by atoms with Crippen LogP contribution < -0.4 is 5.56 Å². The van der Waals surface area contributed by atoms with Crippen LogP contribution in [-0.2, 0) is 35.0 Å². The highest BCUT2D eigenvalue weighted by molar-refractivity contribution is 5.98. The van der Waals surface area contributed by atoms with E-state index in [-0.39, 0.29) is 54.4 Å². The summed E-state index contributed by atoms with van der Waals surface area (Å²) in [6.07, 6.45) is 2.80. The molecule has 43 heavy (non-hydrogen) atoms. The van der Waals surface area contributed by atoms with Crippen LogP contribution >= 0.6 is 0 Å². The molecule has 2 atom stereocenters. The number of esters is 2. The van der Waals surface area contributed by atoms with Crippen molar-refractivity contribution in [3.63, 3.8) is 0 Å². The van der Waals surface area contributed by atoms with E-state index in [0.717, 1.165) is 0 Å². The van der Waals surface area contributed by atoms with E-state index in [1.165, 1.54) is 21.5 Å². The summed E-state index contributed by atoms with van der Waals surface area (Å²) in [7, 11) is 0. The lowest BCUT2D eigenvalue weighted by atomic mass is 10.1. The Kier molecular flexibility index (Phi) is 8.53. The molecule has 0 amide bonds. The Morgan fingerprint density at radius 2 is 1.28 bits per heavy atom. The number of hydrogen-bond acceptors (Lipinski definition) is 10. The number of epoxide rings is 2. The lowest BCUT2D eigenvalue weighted by molar-refractivity contribution is -0.139. The fourth-order valence-electron chi connectivity index (χ4n) is 4.17. The second-order valence-electron chi connectivity index (χ2n) is 9.71. The summed E-state index contributed by atoms with van der Waals surface area (Å²) >= 11 is 0. The van der Waals surface area contributed by atoms with Gasteiger partial charge < -0.3 is 24.1 Å². The summed E-state index contributed by atoms with van der Waals surface area (Å²) in [6.45, 7) is 2.96. The van der Waals surface area contributed by atoms with Gasteiger partial charge in [-0.15, -0.1) is 0 Å². The maximum absolute atomic E-state index is 13.3. The van der Waals surface area contributed by atoms with Crippen molar-refractivity contribution in [2.24, 2.45) is 0 Å². The Labute approximate surface area is 245 Å². The molecule has 12 heteroatoms. The maximum Gasteiger partial charge on any atom is 0.348 e. The second-order valence-corrected chi connectivity index (χ2v) is 9.71. The van der Waals surface area contributed by atoms with Crippen LogP contribution in [0.2, 0.25) is 0 Å². The van der Waals surface area contributed by atoms with Gasteiger partial charge in [0.05, 0.1) is 30.2 Å². The number of nitrogens with zero attached hydrogens (tertiary/aromatic N) is 4. The highest BCUT2D eigenvalue weighted by Crippen LogP contribution is 2.25. The number of carbonyl (C=O) groups excluding carboxylic acids is 2. The zero-order chi connectivity index (χ0) is 30.5. The molecule has 3 heterocycles. The van der Waals surface area contributed by atoms with Crippen molar-refractivity contribution in [2.75, 3.05) is 26.4 Å². The Morgan fingerprint density at radius 3 is 1.65 bits per heavy atom. The number of carbonyl (C=O) groups is 2. The predicted molar refractivity (Wildman–Crippen MR) is 151 cm³/mol. The number of nitriles is 2. The first-order valence-electron chi connectivity index (χ1n) is 13.4. The molecular weight excluding hydrogens is 556 g/mol. The quantitative estimate of drug-likeness (QED) is 0.153. The minimum absolute atomic E-state index is 0.0828. The van der Waals surface area contributed by atoms with Gasteiger partial charge in [-0.2, -0.15) is 10.5 Å². The lowest BCUT2D eigenvalue weighted by Crippen LogP contribution is -2.21. The van der Waals surface area contributed by atoms with Crippen molar-refractivity contribution in [3.8, 4) is 29.4 Å². The van der Waals surface area contributed by atoms with Gasteiger partial charge in [0.15, 0.2) is 0 Å². The van der Waals surface area contributed by atoms with E-state index in [1.54, 1.807) is 55.5 Å². The third-order valence-electron chi connectivity index (χ3n) is 6.66. The zero-order valence-electron chi connectivity index (χ0n) is 23.1. The normalized spacial score (nSPS) is 17.5. The Balaban J connectivity index is 1.41. The molecule has 12 nitrogen and oxygen atoms in total. The number of hydrogen-bond donors (Lipinski definition) is 1. The van der Waals surface area contributed by atoms with Gasteiger partial charge in [-0.3, -0.25) is 4.79 Å². The number of ether oxygens (including phenoxy) is 4. The second kappa shape index (κ2) is 12.6. The minimum Gasteiger partial charge on any atom is -0.493 e. The molecule has 1 N–H and O–H groups in total. The molecule has 2 aromatic carbocycles. The van der Waals surface area contributed by atoms with Crippen molar-refractivity contribution in [1.29, 1.82) is 10.5 Å². The summed E-state index contributed by atoms with van der Waals surface area (Å²) in [5.41, 5.74) is 1.34. The summed E-state index contributed by atoms with van der Waals surface area (Å²) in [4.78, 5) is 37.8. The third-order valence-corrected chi connectivity index (χ3v) is 6.66. The number of aromatic hydroxyl groups is 1. The van der Waals surface area contributed by atoms with Gasteiger partial charge in [0.25, 0.3) is 5.56 Å². The van der Waals surface area contributed by atoms with E-state index in [9.17, 15) is 30.0 Å². The van der Waals surface area contributed by atoms with E-state index in [1.807, 2.05) is 12.1 Å². The molecule has 2 fully saturated rings. The average molecular weight is 583 g/mol. The summed E-state index contributed by atoms with van der Waals surface area (Å²) < 4.78 is 22.8. The largest absolute Gasteiger partial charge is 0.493 e. The molecule has 0 saturated carbocycles. The topological polar surface area (TPSA) is 172 Å². The van der Waals surface area contributed by atoms with Crippen LogP contribution in [0.25, 0.3) is 23.5 Å². The summed E-state index contributed by atoms with van der Waals surface area (Å²) in [5, 5.41) is 29.8. The molecular formula is C31H26N4O8. The highest BCUT2D eigenvalue weighted by atomic mass is 16.6. The molecule has 2 aliphatic heterocycles.